The average molecular weight is 449 g/mol. The molecule has 0 saturated carbocycles. The van der Waals surface area contributed by atoms with E-state index in [1.807, 2.05) is 93.6 Å². The van der Waals surface area contributed by atoms with Crippen molar-refractivity contribution in [2.75, 3.05) is 19.8 Å². The maximum Gasteiger partial charge on any atom is 0.130 e. The lowest BCUT2D eigenvalue weighted by molar-refractivity contribution is 0.216. The highest BCUT2D eigenvalue weighted by atomic mass is 16.5. The number of rotatable bonds is 12. The Kier molecular flexibility index (Phi) is 9.21. The van der Waals surface area contributed by atoms with Crippen LogP contribution in [-0.2, 0) is 6.61 Å². The highest BCUT2D eigenvalue weighted by Crippen LogP contribution is 2.33. The van der Waals surface area contributed by atoms with E-state index in [1.54, 1.807) is 6.08 Å². The fourth-order valence-electron chi connectivity index (χ4n) is 3.36. The molecule has 1 unspecified atom stereocenters. The number of ether oxygens (including phenoxy) is 4. The van der Waals surface area contributed by atoms with Crippen LogP contribution in [-0.4, -0.2) is 24.9 Å². The van der Waals surface area contributed by atoms with E-state index in [9.17, 15) is 5.11 Å². The van der Waals surface area contributed by atoms with Gasteiger partial charge in [0.2, 0.25) is 0 Å². The molecule has 3 aromatic carbocycles. The second-order valence-corrected chi connectivity index (χ2v) is 7.28. The molecule has 0 amide bonds. The van der Waals surface area contributed by atoms with E-state index < -0.39 is 6.10 Å². The van der Waals surface area contributed by atoms with Crippen molar-refractivity contribution in [3.63, 3.8) is 0 Å². The molecule has 5 heteroatoms. The lowest BCUT2D eigenvalue weighted by Crippen LogP contribution is -2.03. The van der Waals surface area contributed by atoms with Crippen LogP contribution in [0.25, 0.3) is 6.08 Å². The molecule has 0 aromatic heterocycles. The molecule has 5 nitrogen and oxygen atoms in total. The van der Waals surface area contributed by atoms with E-state index in [2.05, 4.69) is 0 Å². The Morgan fingerprint density at radius 3 is 2.03 bits per heavy atom. The van der Waals surface area contributed by atoms with Crippen molar-refractivity contribution in [1.82, 2.24) is 0 Å². The van der Waals surface area contributed by atoms with E-state index in [4.69, 9.17) is 18.9 Å². The number of aliphatic hydroxyl groups excluding tert-OH is 1. The predicted molar refractivity (Wildman–Crippen MR) is 131 cm³/mol. The molecule has 33 heavy (non-hydrogen) atoms. The summed E-state index contributed by atoms with van der Waals surface area (Å²) >= 11 is 0. The summed E-state index contributed by atoms with van der Waals surface area (Å²) in [6.45, 7) is 7.89. The Morgan fingerprint density at radius 2 is 1.36 bits per heavy atom. The van der Waals surface area contributed by atoms with Crippen molar-refractivity contribution in [3.05, 3.63) is 89.5 Å². The van der Waals surface area contributed by atoms with Gasteiger partial charge in [-0.2, -0.15) is 0 Å². The molecule has 3 rings (SSSR count). The van der Waals surface area contributed by atoms with Crippen LogP contribution in [0.5, 0.6) is 23.0 Å². The van der Waals surface area contributed by atoms with Crippen LogP contribution in [0.2, 0.25) is 0 Å². The molecule has 1 atom stereocenters. The Hall–Kier alpha value is -3.44. The number of hydrogen-bond acceptors (Lipinski definition) is 5. The third kappa shape index (κ3) is 7.02. The van der Waals surface area contributed by atoms with E-state index in [0.29, 0.717) is 49.2 Å². The Morgan fingerprint density at radius 1 is 0.727 bits per heavy atom. The van der Waals surface area contributed by atoms with Gasteiger partial charge in [0.15, 0.2) is 0 Å². The summed E-state index contributed by atoms with van der Waals surface area (Å²) in [5, 5.41) is 11.0. The lowest BCUT2D eigenvalue weighted by atomic mass is 10.1. The summed E-state index contributed by atoms with van der Waals surface area (Å²) < 4.78 is 23.0. The second kappa shape index (κ2) is 12.6. The maximum atomic E-state index is 11.0. The van der Waals surface area contributed by atoms with E-state index in [-0.39, 0.29) is 0 Å². The van der Waals surface area contributed by atoms with Gasteiger partial charge in [0.05, 0.1) is 19.8 Å². The molecule has 0 aliphatic carbocycles. The van der Waals surface area contributed by atoms with Gasteiger partial charge < -0.3 is 24.1 Å². The van der Waals surface area contributed by atoms with Crippen LogP contribution < -0.4 is 18.9 Å². The first-order valence-corrected chi connectivity index (χ1v) is 11.3. The van der Waals surface area contributed by atoms with Gasteiger partial charge in [-0.3, -0.25) is 0 Å². The van der Waals surface area contributed by atoms with Gasteiger partial charge >= 0.3 is 0 Å². The molecule has 0 heterocycles. The standard InChI is InChI=1S/C28H32O5/c1-4-30-23-14-12-22(27(18-23)32-6-3)13-17-26(29)25-16-15-24(31-5-2)19-28(25)33-20-21-10-8-7-9-11-21/h7-19,26,29H,4-6,20H2,1-3H3. The van der Waals surface area contributed by atoms with Crippen molar-refractivity contribution >= 4 is 6.08 Å². The normalized spacial score (nSPS) is 11.9. The van der Waals surface area contributed by atoms with Crippen LogP contribution in [0.15, 0.2) is 72.8 Å². The molecular formula is C28H32O5. The molecule has 0 bridgehead atoms. The van der Waals surface area contributed by atoms with Gasteiger partial charge in [-0.25, -0.2) is 0 Å². The van der Waals surface area contributed by atoms with Crippen molar-refractivity contribution in [1.29, 1.82) is 0 Å². The summed E-state index contributed by atoms with van der Waals surface area (Å²) in [4.78, 5) is 0. The molecule has 0 fully saturated rings. The van der Waals surface area contributed by atoms with E-state index in [0.717, 1.165) is 16.9 Å². The predicted octanol–water partition coefficient (Wildman–Crippen LogP) is 6.21. The molecule has 0 radical (unpaired) electrons. The first kappa shape index (κ1) is 24.2. The third-order valence-corrected chi connectivity index (χ3v) is 4.91. The molecule has 1 N–H and O–H groups in total. The van der Waals surface area contributed by atoms with E-state index in [1.165, 1.54) is 0 Å². The van der Waals surface area contributed by atoms with Crippen molar-refractivity contribution in [2.45, 2.75) is 33.5 Å². The minimum Gasteiger partial charge on any atom is -0.494 e. The third-order valence-electron chi connectivity index (χ3n) is 4.91. The molecular weight excluding hydrogens is 416 g/mol. The van der Waals surface area contributed by atoms with Crippen LogP contribution in [0, 0.1) is 0 Å². The largest absolute Gasteiger partial charge is 0.494 e. The monoisotopic (exact) mass is 448 g/mol. The number of hydrogen-bond donors (Lipinski definition) is 1. The van der Waals surface area contributed by atoms with Gasteiger partial charge in [-0.1, -0.05) is 42.5 Å². The Labute approximate surface area is 196 Å². The number of benzene rings is 3. The Balaban J connectivity index is 1.83. The van der Waals surface area contributed by atoms with Crippen molar-refractivity contribution < 1.29 is 24.1 Å². The molecule has 3 aromatic rings. The fourth-order valence-corrected chi connectivity index (χ4v) is 3.36. The summed E-state index contributed by atoms with van der Waals surface area (Å²) in [5.41, 5.74) is 2.57. The van der Waals surface area contributed by atoms with Gasteiger partial charge in [0, 0.05) is 23.3 Å². The highest BCUT2D eigenvalue weighted by molar-refractivity contribution is 5.60. The summed E-state index contributed by atoms with van der Waals surface area (Å²) in [6.07, 6.45) is 2.71. The minimum absolute atomic E-state index is 0.396. The average Bonchev–Trinajstić information content (AvgIpc) is 2.83. The van der Waals surface area contributed by atoms with Crippen molar-refractivity contribution in [2.24, 2.45) is 0 Å². The van der Waals surface area contributed by atoms with Crippen LogP contribution in [0.3, 0.4) is 0 Å². The zero-order valence-electron chi connectivity index (χ0n) is 19.5. The number of aliphatic hydroxyl groups is 1. The zero-order valence-corrected chi connectivity index (χ0v) is 19.5. The maximum absolute atomic E-state index is 11.0. The van der Waals surface area contributed by atoms with Crippen LogP contribution >= 0.6 is 0 Å². The zero-order chi connectivity index (χ0) is 23.5. The topological polar surface area (TPSA) is 57.2 Å². The molecule has 0 saturated heterocycles. The highest BCUT2D eigenvalue weighted by Gasteiger charge is 2.14. The smallest absolute Gasteiger partial charge is 0.130 e. The van der Waals surface area contributed by atoms with E-state index >= 15 is 0 Å². The summed E-state index contributed by atoms with van der Waals surface area (Å²) in [5.74, 6) is 2.74. The SMILES string of the molecule is CCOc1ccc(C=CC(O)c2ccc(OCC)cc2OCc2ccccc2)c(OCC)c1. The Bertz CT molecular complexity index is 1030. The quantitative estimate of drug-likeness (QED) is 0.357. The second-order valence-electron chi connectivity index (χ2n) is 7.28. The first-order valence-electron chi connectivity index (χ1n) is 11.3. The first-order chi connectivity index (χ1) is 16.1. The van der Waals surface area contributed by atoms with Gasteiger partial charge in [-0.15, -0.1) is 0 Å². The van der Waals surface area contributed by atoms with Crippen LogP contribution in [0.4, 0.5) is 0 Å². The summed E-state index contributed by atoms with van der Waals surface area (Å²) in [6, 6.07) is 21.1. The van der Waals surface area contributed by atoms with Gasteiger partial charge in [-0.05, 0) is 50.6 Å². The minimum atomic E-state index is -0.868. The van der Waals surface area contributed by atoms with Crippen LogP contribution in [0.1, 0.15) is 43.6 Å². The van der Waals surface area contributed by atoms with Gasteiger partial charge in [0.1, 0.15) is 35.7 Å². The molecule has 0 spiro atoms. The summed E-state index contributed by atoms with van der Waals surface area (Å²) in [7, 11) is 0. The molecule has 0 aliphatic heterocycles. The molecule has 0 aliphatic rings. The lowest BCUT2D eigenvalue weighted by Gasteiger charge is -2.16. The van der Waals surface area contributed by atoms with Crippen molar-refractivity contribution in [3.8, 4) is 23.0 Å². The fraction of sp³-hybridized carbons (Fsp3) is 0.286. The molecule has 174 valence electrons. The van der Waals surface area contributed by atoms with Gasteiger partial charge in [0.25, 0.3) is 0 Å².